The van der Waals surface area contributed by atoms with Gasteiger partial charge in [0.2, 0.25) is 0 Å². The Morgan fingerprint density at radius 2 is 1.76 bits per heavy atom. The van der Waals surface area contributed by atoms with E-state index in [1.165, 1.54) is 37.9 Å². The number of aryl methyl sites for hydroxylation is 1. The Morgan fingerprint density at radius 1 is 1.10 bits per heavy atom. The molecule has 3 heteroatoms. The van der Waals surface area contributed by atoms with Crippen LogP contribution in [-0.2, 0) is 6.42 Å². The maximum absolute atomic E-state index is 9.29. The molecule has 1 aliphatic rings. The number of benzene rings is 1. The Morgan fingerprint density at radius 3 is 2.43 bits per heavy atom. The van der Waals surface area contributed by atoms with Gasteiger partial charge in [-0.25, -0.2) is 0 Å². The van der Waals surface area contributed by atoms with Crippen LogP contribution in [0, 0.1) is 0 Å². The Balaban J connectivity index is 1.64. The monoisotopic (exact) mass is 290 g/mol. The SMILES string of the molecule is CC(CCc1ccc(O)cc1)NCC(C)N1CCCCC1. The molecule has 21 heavy (non-hydrogen) atoms. The van der Waals surface area contributed by atoms with E-state index >= 15 is 0 Å². The van der Waals surface area contributed by atoms with Crippen LogP contribution >= 0.6 is 0 Å². The van der Waals surface area contributed by atoms with Crippen LogP contribution < -0.4 is 5.32 Å². The largest absolute Gasteiger partial charge is 0.508 e. The molecular weight excluding hydrogens is 260 g/mol. The molecule has 118 valence electrons. The van der Waals surface area contributed by atoms with Gasteiger partial charge in [-0.2, -0.15) is 0 Å². The van der Waals surface area contributed by atoms with Crippen molar-refractivity contribution in [2.24, 2.45) is 0 Å². The summed E-state index contributed by atoms with van der Waals surface area (Å²) in [6.07, 6.45) is 6.32. The predicted molar refractivity (Wildman–Crippen MR) is 88.8 cm³/mol. The standard InChI is InChI=1S/C18H30N2O/c1-15(6-7-17-8-10-18(21)11-9-17)19-14-16(2)20-12-4-3-5-13-20/h8-11,15-16,19,21H,3-7,12-14H2,1-2H3. The molecule has 1 saturated heterocycles. The summed E-state index contributed by atoms with van der Waals surface area (Å²) < 4.78 is 0. The Labute approximate surface area is 129 Å². The van der Waals surface area contributed by atoms with E-state index in [0.717, 1.165) is 19.4 Å². The maximum Gasteiger partial charge on any atom is 0.115 e. The van der Waals surface area contributed by atoms with Gasteiger partial charge >= 0.3 is 0 Å². The predicted octanol–water partition coefficient (Wildman–Crippen LogP) is 3.18. The molecule has 0 radical (unpaired) electrons. The highest BCUT2D eigenvalue weighted by atomic mass is 16.3. The molecule has 1 aromatic carbocycles. The van der Waals surface area contributed by atoms with Crippen LogP contribution in [0.2, 0.25) is 0 Å². The smallest absolute Gasteiger partial charge is 0.115 e. The fourth-order valence-corrected chi connectivity index (χ4v) is 3.01. The topological polar surface area (TPSA) is 35.5 Å². The van der Waals surface area contributed by atoms with Gasteiger partial charge in [-0.05, 0) is 70.3 Å². The van der Waals surface area contributed by atoms with Crippen LogP contribution in [-0.4, -0.2) is 41.7 Å². The first kappa shape index (κ1) is 16.3. The van der Waals surface area contributed by atoms with Crippen molar-refractivity contribution in [1.29, 1.82) is 0 Å². The van der Waals surface area contributed by atoms with Crippen LogP contribution in [0.1, 0.15) is 45.1 Å². The van der Waals surface area contributed by atoms with Crippen LogP contribution in [0.4, 0.5) is 0 Å². The number of hydrogen-bond donors (Lipinski definition) is 2. The molecule has 0 bridgehead atoms. The zero-order chi connectivity index (χ0) is 15.1. The molecule has 1 aliphatic heterocycles. The molecule has 1 heterocycles. The van der Waals surface area contributed by atoms with Crippen molar-refractivity contribution in [3.63, 3.8) is 0 Å². The summed E-state index contributed by atoms with van der Waals surface area (Å²) in [4.78, 5) is 2.61. The number of phenols is 1. The lowest BCUT2D eigenvalue weighted by Crippen LogP contribution is -2.45. The minimum absolute atomic E-state index is 0.347. The third-order valence-electron chi connectivity index (χ3n) is 4.58. The minimum Gasteiger partial charge on any atom is -0.508 e. The Bertz CT molecular complexity index is 398. The first-order chi connectivity index (χ1) is 10.1. The second kappa shape index (κ2) is 8.40. The van der Waals surface area contributed by atoms with E-state index in [9.17, 15) is 5.11 Å². The highest BCUT2D eigenvalue weighted by molar-refractivity contribution is 5.25. The van der Waals surface area contributed by atoms with Gasteiger partial charge in [0, 0.05) is 18.6 Å². The number of likely N-dealkylation sites (tertiary alicyclic amines) is 1. The summed E-state index contributed by atoms with van der Waals surface area (Å²) in [6.45, 7) is 8.22. The van der Waals surface area contributed by atoms with Crippen molar-refractivity contribution in [3.05, 3.63) is 29.8 Å². The lowest BCUT2D eigenvalue weighted by Gasteiger charge is -2.33. The minimum atomic E-state index is 0.347. The maximum atomic E-state index is 9.29. The van der Waals surface area contributed by atoms with Gasteiger partial charge in [0.25, 0.3) is 0 Å². The third-order valence-corrected chi connectivity index (χ3v) is 4.58. The third kappa shape index (κ3) is 5.68. The van der Waals surface area contributed by atoms with E-state index in [1.54, 1.807) is 12.1 Å². The van der Waals surface area contributed by atoms with Gasteiger partial charge in [0.15, 0.2) is 0 Å². The number of rotatable bonds is 7. The van der Waals surface area contributed by atoms with Crippen molar-refractivity contribution in [2.45, 2.75) is 58.0 Å². The van der Waals surface area contributed by atoms with Crippen molar-refractivity contribution >= 4 is 0 Å². The molecule has 2 N–H and O–H groups in total. The molecule has 0 spiro atoms. The average molecular weight is 290 g/mol. The summed E-state index contributed by atoms with van der Waals surface area (Å²) in [7, 11) is 0. The van der Waals surface area contributed by atoms with Gasteiger partial charge < -0.3 is 10.4 Å². The van der Waals surface area contributed by atoms with E-state index in [1.807, 2.05) is 12.1 Å². The number of nitrogens with one attached hydrogen (secondary N) is 1. The van der Waals surface area contributed by atoms with E-state index < -0.39 is 0 Å². The molecule has 0 aliphatic carbocycles. The van der Waals surface area contributed by atoms with Crippen LogP contribution in [0.15, 0.2) is 24.3 Å². The molecule has 2 unspecified atom stereocenters. The molecule has 3 nitrogen and oxygen atoms in total. The number of hydrogen-bond acceptors (Lipinski definition) is 3. The van der Waals surface area contributed by atoms with Gasteiger partial charge in [-0.3, -0.25) is 4.90 Å². The quantitative estimate of drug-likeness (QED) is 0.809. The van der Waals surface area contributed by atoms with Crippen molar-refractivity contribution in [1.82, 2.24) is 10.2 Å². The highest BCUT2D eigenvalue weighted by Gasteiger charge is 2.16. The zero-order valence-electron chi connectivity index (χ0n) is 13.5. The molecule has 0 saturated carbocycles. The number of piperidine rings is 1. The molecule has 2 atom stereocenters. The van der Waals surface area contributed by atoms with Crippen LogP contribution in [0.25, 0.3) is 0 Å². The lowest BCUT2D eigenvalue weighted by atomic mass is 10.1. The summed E-state index contributed by atoms with van der Waals surface area (Å²) >= 11 is 0. The number of phenolic OH excluding ortho intramolecular Hbond substituents is 1. The molecule has 1 fully saturated rings. The van der Waals surface area contributed by atoms with E-state index in [2.05, 4.69) is 24.1 Å². The number of nitrogens with zero attached hydrogens (tertiary/aromatic N) is 1. The van der Waals surface area contributed by atoms with Gasteiger partial charge in [-0.15, -0.1) is 0 Å². The van der Waals surface area contributed by atoms with E-state index in [-0.39, 0.29) is 0 Å². The Kier molecular flexibility index (Phi) is 6.52. The molecule has 1 aromatic rings. The first-order valence-electron chi connectivity index (χ1n) is 8.40. The van der Waals surface area contributed by atoms with Gasteiger partial charge in [0.05, 0.1) is 0 Å². The average Bonchev–Trinajstić information content (AvgIpc) is 2.53. The lowest BCUT2D eigenvalue weighted by molar-refractivity contribution is 0.168. The van der Waals surface area contributed by atoms with Crippen LogP contribution in [0.3, 0.4) is 0 Å². The first-order valence-corrected chi connectivity index (χ1v) is 8.40. The molecule has 2 rings (SSSR count). The van der Waals surface area contributed by atoms with E-state index in [4.69, 9.17) is 0 Å². The van der Waals surface area contributed by atoms with Crippen molar-refractivity contribution in [3.8, 4) is 5.75 Å². The normalized spacial score (nSPS) is 19.3. The van der Waals surface area contributed by atoms with Crippen molar-refractivity contribution in [2.75, 3.05) is 19.6 Å². The fraction of sp³-hybridized carbons (Fsp3) is 0.667. The second-order valence-corrected chi connectivity index (χ2v) is 6.46. The summed E-state index contributed by atoms with van der Waals surface area (Å²) in [5.41, 5.74) is 1.30. The second-order valence-electron chi connectivity index (χ2n) is 6.46. The molecule has 0 amide bonds. The van der Waals surface area contributed by atoms with Gasteiger partial charge in [-0.1, -0.05) is 18.6 Å². The zero-order valence-corrected chi connectivity index (χ0v) is 13.5. The summed E-state index contributed by atoms with van der Waals surface area (Å²) in [5.74, 6) is 0.347. The van der Waals surface area contributed by atoms with Gasteiger partial charge in [0.1, 0.15) is 5.75 Å². The molecule has 0 aromatic heterocycles. The van der Waals surface area contributed by atoms with Crippen molar-refractivity contribution < 1.29 is 5.11 Å². The Hall–Kier alpha value is -1.06. The van der Waals surface area contributed by atoms with Crippen LogP contribution in [0.5, 0.6) is 5.75 Å². The molecular formula is C18H30N2O. The van der Waals surface area contributed by atoms with E-state index in [0.29, 0.717) is 17.8 Å². The number of aromatic hydroxyl groups is 1. The summed E-state index contributed by atoms with van der Waals surface area (Å²) in [5, 5.41) is 13.0. The fourth-order valence-electron chi connectivity index (χ4n) is 3.01. The summed E-state index contributed by atoms with van der Waals surface area (Å²) in [6, 6.07) is 8.74. The highest BCUT2D eigenvalue weighted by Crippen LogP contribution is 2.13.